The van der Waals surface area contributed by atoms with Gasteiger partial charge in [-0.15, -0.1) is 0 Å². The van der Waals surface area contributed by atoms with E-state index in [-0.39, 0.29) is 0 Å². The molecular weight excluding hydrogens is 226 g/mol. The maximum absolute atomic E-state index is 5.84. The molecule has 0 spiro atoms. The zero-order valence-corrected chi connectivity index (χ0v) is 9.97. The Labute approximate surface area is 104 Å². The molecule has 2 aromatic carbocycles. The number of aromatic amines is 1. The highest BCUT2D eigenvalue weighted by Gasteiger charge is 2.06. The maximum Gasteiger partial charge on any atom is 0.131 e. The van der Waals surface area contributed by atoms with E-state index in [0.717, 1.165) is 33.7 Å². The standard InChI is InChI=1S/C14H13N3O/c1-9-12-8-16-17-13(12)6-7-14(9)18-11-4-2-10(15)3-5-11/h2-8H,15H2,1H3,(H,16,17). The number of anilines is 1. The topological polar surface area (TPSA) is 63.9 Å². The van der Waals surface area contributed by atoms with Gasteiger partial charge in [-0.2, -0.15) is 5.10 Å². The van der Waals surface area contributed by atoms with Crippen molar-refractivity contribution in [3.05, 3.63) is 48.2 Å². The number of fused-ring (bicyclic) bond motifs is 1. The first-order chi connectivity index (χ1) is 8.74. The Morgan fingerprint density at radius 2 is 1.89 bits per heavy atom. The van der Waals surface area contributed by atoms with E-state index in [9.17, 15) is 0 Å². The second-order valence-corrected chi connectivity index (χ2v) is 4.19. The van der Waals surface area contributed by atoms with E-state index in [1.807, 2.05) is 43.3 Å². The van der Waals surface area contributed by atoms with Gasteiger partial charge in [0.1, 0.15) is 11.5 Å². The van der Waals surface area contributed by atoms with Crippen molar-refractivity contribution in [3.8, 4) is 11.5 Å². The average molecular weight is 239 g/mol. The molecule has 0 radical (unpaired) electrons. The summed E-state index contributed by atoms with van der Waals surface area (Å²) in [4.78, 5) is 0. The summed E-state index contributed by atoms with van der Waals surface area (Å²) in [6.07, 6.45) is 1.81. The van der Waals surface area contributed by atoms with Crippen LogP contribution in [0.15, 0.2) is 42.6 Å². The lowest BCUT2D eigenvalue weighted by Crippen LogP contribution is -1.89. The van der Waals surface area contributed by atoms with Crippen LogP contribution >= 0.6 is 0 Å². The van der Waals surface area contributed by atoms with E-state index in [4.69, 9.17) is 10.5 Å². The van der Waals surface area contributed by atoms with E-state index in [1.54, 1.807) is 6.20 Å². The molecule has 4 heteroatoms. The molecule has 0 unspecified atom stereocenters. The van der Waals surface area contributed by atoms with Crippen LogP contribution in [-0.4, -0.2) is 10.2 Å². The average Bonchev–Trinajstić information content (AvgIpc) is 2.84. The van der Waals surface area contributed by atoms with Crippen molar-refractivity contribution in [1.82, 2.24) is 10.2 Å². The monoisotopic (exact) mass is 239 g/mol. The first-order valence-electron chi connectivity index (χ1n) is 5.70. The zero-order chi connectivity index (χ0) is 12.5. The summed E-state index contributed by atoms with van der Waals surface area (Å²) in [5.74, 6) is 1.60. The van der Waals surface area contributed by atoms with E-state index in [2.05, 4.69) is 10.2 Å². The summed E-state index contributed by atoms with van der Waals surface area (Å²) >= 11 is 0. The molecule has 0 aliphatic carbocycles. The molecule has 1 aromatic heterocycles. The number of aromatic nitrogens is 2. The summed E-state index contributed by atoms with van der Waals surface area (Å²) in [7, 11) is 0. The van der Waals surface area contributed by atoms with Crippen LogP contribution in [0.3, 0.4) is 0 Å². The van der Waals surface area contributed by atoms with Crippen LogP contribution in [-0.2, 0) is 0 Å². The smallest absolute Gasteiger partial charge is 0.131 e. The minimum Gasteiger partial charge on any atom is -0.457 e. The van der Waals surface area contributed by atoms with Crippen molar-refractivity contribution in [3.63, 3.8) is 0 Å². The summed E-state index contributed by atoms with van der Waals surface area (Å²) in [6.45, 7) is 2.02. The fourth-order valence-electron chi connectivity index (χ4n) is 1.91. The molecule has 0 atom stereocenters. The molecule has 0 saturated heterocycles. The highest BCUT2D eigenvalue weighted by Crippen LogP contribution is 2.30. The van der Waals surface area contributed by atoms with E-state index < -0.39 is 0 Å². The number of nitrogens with two attached hydrogens (primary N) is 1. The summed E-state index contributed by atoms with van der Waals surface area (Å²) < 4.78 is 5.84. The largest absolute Gasteiger partial charge is 0.457 e. The number of hydrogen-bond donors (Lipinski definition) is 2. The highest BCUT2D eigenvalue weighted by atomic mass is 16.5. The number of nitrogen functional groups attached to an aromatic ring is 1. The number of hydrogen-bond acceptors (Lipinski definition) is 3. The number of aryl methyl sites for hydroxylation is 1. The van der Waals surface area contributed by atoms with Crippen molar-refractivity contribution in [2.24, 2.45) is 0 Å². The normalized spacial score (nSPS) is 10.7. The first-order valence-corrected chi connectivity index (χ1v) is 5.70. The molecule has 1 heterocycles. The molecule has 0 bridgehead atoms. The molecule has 18 heavy (non-hydrogen) atoms. The SMILES string of the molecule is Cc1c(Oc2ccc(N)cc2)ccc2[nH]ncc12. The van der Waals surface area contributed by atoms with Gasteiger partial charge in [0.2, 0.25) is 0 Å². The Morgan fingerprint density at radius 1 is 1.11 bits per heavy atom. The van der Waals surface area contributed by atoms with Gasteiger partial charge in [0.15, 0.2) is 0 Å². The number of ether oxygens (including phenoxy) is 1. The molecule has 4 nitrogen and oxygen atoms in total. The summed E-state index contributed by atoms with van der Waals surface area (Å²) in [5, 5.41) is 8.03. The van der Waals surface area contributed by atoms with Crippen molar-refractivity contribution in [2.45, 2.75) is 6.92 Å². The molecule has 0 aliphatic rings. The number of rotatable bonds is 2. The lowest BCUT2D eigenvalue weighted by Gasteiger charge is -2.09. The third-order valence-electron chi connectivity index (χ3n) is 2.95. The van der Waals surface area contributed by atoms with Gasteiger partial charge in [-0.05, 0) is 43.3 Å². The third kappa shape index (κ3) is 1.78. The molecular formula is C14H13N3O. The Morgan fingerprint density at radius 3 is 2.67 bits per heavy atom. The van der Waals surface area contributed by atoms with Gasteiger partial charge in [0.05, 0.1) is 11.7 Å². The van der Waals surface area contributed by atoms with Crippen molar-refractivity contribution in [1.29, 1.82) is 0 Å². The Bertz CT molecular complexity index is 686. The predicted octanol–water partition coefficient (Wildman–Crippen LogP) is 3.25. The predicted molar refractivity (Wildman–Crippen MR) is 71.8 cm³/mol. The number of nitrogens with zero attached hydrogens (tertiary/aromatic N) is 1. The minimum absolute atomic E-state index is 0.726. The number of nitrogens with one attached hydrogen (secondary N) is 1. The van der Waals surface area contributed by atoms with E-state index in [0.29, 0.717) is 0 Å². The van der Waals surface area contributed by atoms with Gasteiger partial charge in [-0.1, -0.05) is 0 Å². The zero-order valence-electron chi connectivity index (χ0n) is 9.97. The molecule has 0 fully saturated rings. The van der Waals surface area contributed by atoms with E-state index >= 15 is 0 Å². The van der Waals surface area contributed by atoms with Crippen LogP contribution in [0.4, 0.5) is 5.69 Å². The number of H-pyrrole nitrogens is 1. The van der Waals surface area contributed by atoms with Gasteiger partial charge >= 0.3 is 0 Å². The second kappa shape index (κ2) is 4.07. The Hall–Kier alpha value is -2.49. The van der Waals surface area contributed by atoms with Crippen LogP contribution < -0.4 is 10.5 Å². The molecule has 3 rings (SSSR count). The van der Waals surface area contributed by atoms with Crippen molar-refractivity contribution < 1.29 is 4.74 Å². The molecule has 0 amide bonds. The van der Waals surface area contributed by atoms with Crippen LogP contribution in [0.2, 0.25) is 0 Å². The first kappa shape index (κ1) is 10.7. The molecule has 3 N–H and O–H groups in total. The van der Waals surface area contributed by atoms with Crippen LogP contribution in [0.5, 0.6) is 11.5 Å². The summed E-state index contributed by atoms with van der Waals surface area (Å²) in [5.41, 5.74) is 8.45. The summed E-state index contributed by atoms with van der Waals surface area (Å²) in [6, 6.07) is 11.2. The fraction of sp³-hybridized carbons (Fsp3) is 0.0714. The van der Waals surface area contributed by atoms with Crippen LogP contribution in [0.1, 0.15) is 5.56 Å². The van der Waals surface area contributed by atoms with Gasteiger partial charge in [-0.25, -0.2) is 0 Å². The fourth-order valence-corrected chi connectivity index (χ4v) is 1.91. The molecule has 0 aliphatic heterocycles. The van der Waals surface area contributed by atoms with Gasteiger partial charge < -0.3 is 10.5 Å². The quantitative estimate of drug-likeness (QED) is 0.675. The van der Waals surface area contributed by atoms with Gasteiger partial charge in [0.25, 0.3) is 0 Å². The minimum atomic E-state index is 0.726. The maximum atomic E-state index is 5.84. The van der Waals surface area contributed by atoms with Gasteiger partial charge in [0, 0.05) is 16.6 Å². The van der Waals surface area contributed by atoms with Crippen LogP contribution in [0.25, 0.3) is 10.9 Å². The lowest BCUT2D eigenvalue weighted by molar-refractivity contribution is 0.480. The third-order valence-corrected chi connectivity index (χ3v) is 2.95. The Kier molecular flexibility index (Phi) is 2.41. The van der Waals surface area contributed by atoms with Gasteiger partial charge in [-0.3, -0.25) is 5.10 Å². The second-order valence-electron chi connectivity index (χ2n) is 4.19. The highest BCUT2D eigenvalue weighted by molar-refractivity contribution is 5.83. The molecule has 0 saturated carbocycles. The molecule has 90 valence electrons. The van der Waals surface area contributed by atoms with Crippen LogP contribution in [0, 0.1) is 6.92 Å². The number of benzene rings is 2. The van der Waals surface area contributed by atoms with Crippen molar-refractivity contribution >= 4 is 16.6 Å². The Balaban J connectivity index is 1.99. The van der Waals surface area contributed by atoms with E-state index in [1.165, 1.54) is 0 Å². The molecule has 3 aromatic rings. The lowest BCUT2D eigenvalue weighted by atomic mass is 10.1. The van der Waals surface area contributed by atoms with Crippen molar-refractivity contribution in [2.75, 3.05) is 5.73 Å².